The first-order chi connectivity index (χ1) is 7.85. The standard InChI is InChI=1S/C11H15ClFNO2S/c1-3-8(2)14-17(15,16)7-9-10(12)5-4-6-11(9)13/h4-6,8,14H,3,7H2,1-2H3/t8-/m1/s1. The van der Waals surface area contributed by atoms with Gasteiger partial charge in [-0.05, 0) is 25.5 Å². The summed E-state index contributed by atoms with van der Waals surface area (Å²) < 4.78 is 39.4. The van der Waals surface area contributed by atoms with Crippen molar-refractivity contribution in [2.45, 2.75) is 32.1 Å². The first-order valence-corrected chi connectivity index (χ1v) is 7.31. The molecule has 0 aromatic heterocycles. The highest BCUT2D eigenvalue weighted by molar-refractivity contribution is 7.88. The van der Waals surface area contributed by atoms with Gasteiger partial charge in [0.15, 0.2) is 0 Å². The zero-order valence-electron chi connectivity index (χ0n) is 9.70. The highest BCUT2D eigenvalue weighted by Crippen LogP contribution is 2.21. The second-order valence-corrected chi connectivity index (χ2v) is 6.05. The Morgan fingerprint density at radius 2 is 2.12 bits per heavy atom. The van der Waals surface area contributed by atoms with Gasteiger partial charge < -0.3 is 0 Å². The van der Waals surface area contributed by atoms with E-state index in [0.29, 0.717) is 6.42 Å². The molecule has 3 nitrogen and oxygen atoms in total. The lowest BCUT2D eigenvalue weighted by molar-refractivity contribution is 0.551. The van der Waals surface area contributed by atoms with E-state index in [0.717, 1.165) is 0 Å². The SMILES string of the molecule is CC[C@@H](C)NS(=O)(=O)Cc1c(F)cccc1Cl. The smallest absolute Gasteiger partial charge is 0.212 e. The summed E-state index contributed by atoms with van der Waals surface area (Å²) in [5.74, 6) is -1.05. The lowest BCUT2D eigenvalue weighted by Gasteiger charge is -2.13. The van der Waals surface area contributed by atoms with E-state index >= 15 is 0 Å². The highest BCUT2D eigenvalue weighted by Gasteiger charge is 2.18. The summed E-state index contributed by atoms with van der Waals surface area (Å²) in [6.45, 7) is 3.61. The molecule has 0 aliphatic heterocycles. The van der Waals surface area contributed by atoms with Crippen LogP contribution in [0, 0.1) is 5.82 Å². The zero-order valence-corrected chi connectivity index (χ0v) is 11.3. The lowest BCUT2D eigenvalue weighted by atomic mass is 10.2. The van der Waals surface area contributed by atoms with Crippen molar-refractivity contribution < 1.29 is 12.8 Å². The van der Waals surface area contributed by atoms with E-state index in [-0.39, 0.29) is 16.6 Å². The van der Waals surface area contributed by atoms with Crippen LogP contribution in [-0.4, -0.2) is 14.5 Å². The summed E-state index contributed by atoms with van der Waals surface area (Å²) in [7, 11) is -3.57. The van der Waals surface area contributed by atoms with Gasteiger partial charge in [-0.25, -0.2) is 17.5 Å². The molecule has 0 bridgehead atoms. The van der Waals surface area contributed by atoms with Gasteiger partial charge in [0.1, 0.15) is 5.82 Å². The average molecular weight is 280 g/mol. The fourth-order valence-electron chi connectivity index (χ4n) is 1.29. The molecule has 1 N–H and O–H groups in total. The Hall–Kier alpha value is -0.650. The van der Waals surface area contributed by atoms with Gasteiger partial charge in [-0.2, -0.15) is 0 Å². The van der Waals surface area contributed by atoms with Crippen LogP contribution in [0.5, 0.6) is 0 Å². The van der Waals surface area contributed by atoms with Gasteiger partial charge in [0.25, 0.3) is 0 Å². The van der Waals surface area contributed by atoms with Crippen LogP contribution in [0.1, 0.15) is 25.8 Å². The number of sulfonamides is 1. The molecule has 1 rings (SSSR count). The molecular formula is C11H15ClFNO2S. The number of hydrogen-bond acceptors (Lipinski definition) is 2. The first kappa shape index (κ1) is 14.4. The van der Waals surface area contributed by atoms with E-state index < -0.39 is 21.6 Å². The molecule has 0 heterocycles. The molecule has 6 heteroatoms. The molecule has 1 aromatic carbocycles. The van der Waals surface area contributed by atoms with Crippen LogP contribution in [0.4, 0.5) is 4.39 Å². The van der Waals surface area contributed by atoms with E-state index in [9.17, 15) is 12.8 Å². The van der Waals surface area contributed by atoms with Crippen LogP contribution in [0.3, 0.4) is 0 Å². The highest BCUT2D eigenvalue weighted by atomic mass is 35.5. The van der Waals surface area contributed by atoms with Gasteiger partial charge in [-0.3, -0.25) is 0 Å². The summed E-state index contributed by atoms with van der Waals surface area (Å²) in [4.78, 5) is 0. The van der Waals surface area contributed by atoms with Gasteiger partial charge in [0.05, 0.1) is 5.75 Å². The van der Waals surface area contributed by atoms with Crippen LogP contribution in [0.2, 0.25) is 5.02 Å². The third-order valence-corrected chi connectivity index (χ3v) is 4.17. The number of benzene rings is 1. The van der Waals surface area contributed by atoms with E-state index in [4.69, 9.17) is 11.6 Å². The molecule has 0 fully saturated rings. The average Bonchev–Trinajstić information content (AvgIpc) is 2.23. The van der Waals surface area contributed by atoms with Crippen molar-refractivity contribution in [3.8, 4) is 0 Å². The van der Waals surface area contributed by atoms with Crippen LogP contribution in [0.15, 0.2) is 18.2 Å². The fourth-order valence-corrected chi connectivity index (χ4v) is 3.14. The van der Waals surface area contributed by atoms with Gasteiger partial charge >= 0.3 is 0 Å². The zero-order chi connectivity index (χ0) is 13.1. The molecule has 1 aromatic rings. The van der Waals surface area contributed by atoms with Crippen molar-refractivity contribution in [2.75, 3.05) is 0 Å². The molecule has 1 atom stereocenters. The van der Waals surface area contributed by atoms with E-state index in [1.54, 1.807) is 6.92 Å². The second kappa shape index (κ2) is 5.80. The third-order valence-electron chi connectivity index (χ3n) is 2.39. The van der Waals surface area contributed by atoms with Crippen LogP contribution < -0.4 is 4.72 Å². The molecule has 0 unspecified atom stereocenters. The predicted molar refractivity (Wildman–Crippen MR) is 66.9 cm³/mol. The van der Waals surface area contributed by atoms with Crippen molar-refractivity contribution in [2.24, 2.45) is 0 Å². The maximum absolute atomic E-state index is 13.4. The Labute approximate surface area is 106 Å². The van der Waals surface area contributed by atoms with Crippen LogP contribution in [-0.2, 0) is 15.8 Å². The summed E-state index contributed by atoms with van der Waals surface area (Å²) in [5, 5.41) is 0.125. The summed E-state index contributed by atoms with van der Waals surface area (Å²) >= 11 is 5.77. The molecule has 17 heavy (non-hydrogen) atoms. The minimum atomic E-state index is -3.57. The molecule has 0 amide bonds. The third kappa shape index (κ3) is 4.26. The number of rotatable bonds is 5. The largest absolute Gasteiger partial charge is 0.216 e. The molecule has 0 saturated heterocycles. The maximum Gasteiger partial charge on any atom is 0.216 e. The fraction of sp³-hybridized carbons (Fsp3) is 0.455. The Morgan fingerprint density at radius 3 is 2.65 bits per heavy atom. The molecule has 0 aliphatic carbocycles. The monoisotopic (exact) mass is 279 g/mol. The maximum atomic E-state index is 13.4. The number of nitrogens with one attached hydrogen (secondary N) is 1. The van der Waals surface area contributed by atoms with Gasteiger partial charge in [0.2, 0.25) is 10.0 Å². The second-order valence-electron chi connectivity index (χ2n) is 3.89. The minimum Gasteiger partial charge on any atom is -0.212 e. The Bertz CT molecular complexity index is 470. The molecule has 0 radical (unpaired) electrons. The van der Waals surface area contributed by atoms with Crippen LogP contribution in [0.25, 0.3) is 0 Å². The molecule has 0 spiro atoms. The normalized spacial score (nSPS) is 13.6. The molecule has 96 valence electrons. The van der Waals surface area contributed by atoms with Crippen molar-refractivity contribution in [3.05, 3.63) is 34.6 Å². The summed E-state index contributed by atoms with van der Waals surface area (Å²) in [6, 6.07) is 3.93. The van der Waals surface area contributed by atoms with Crippen molar-refractivity contribution in [3.63, 3.8) is 0 Å². The minimum absolute atomic E-state index is 0.00460. The summed E-state index contributed by atoms with van der Waals surface area (Å²) in [5.41, 5.74) is 0.00460. The van der Waals surface area contributed by atoms with Gasteiger partial charge in [-0.1, -0.05) is 24.6 Å². The molecular weight excluding hydrogens is 265 g/mol. The molecule has 0 aliphatic rings. The quantitative estimate of drug-likeness (QED) is 0.901. The lowest BCUT2D eigenvalue weighted by Crippen LogP contribution is -2.33. The van der Waals surface area contributed by atoms with Gasteiger partial charge in [0, 0.05) is 16.6 Å². The first-order valence-electron chi connectivity index (χ1n) is 5.28. The number of hydrogen-bond donors (Lipinski definition) is 1. The topological polar surface area (TPSA) is 46.2 Å². The summed E-state index contributed by atoms with van der Waals surface area (Å²) in [6.07, 6.45) is 0.671. The van der Waals surface area contributed by atoms with E-state index in [1.165, 1.54) is 18.2 Å². The molecule has 0 saturated carbocycles. The van der Waals surface area contributed by atoms with Gasteiger partial charge in [-0.15, -0.1) is 0 Å². The number of halogens is 2. The predicted octanol–water partition coefficient (Wildman–Crippen LogP) is 2.70. The van der Waals surface area contributed by atoms with Crippen LogP contribution >= 0.6 is 11.6 Å². The van der Waals surface area contributed by atoms with Crippen molar-refractivity contribution in [1.29, 1.82) is 0 Å². The Balaban J connectivity index is 2.91. The van der Waals surface area contributed by atoms with Crippen molar-refractivity contribution >= 4 is 21.6 Å². The van der Waals surface area contributed by atoms with E-state index in [1.807, 2.05) is 6.92 Å². The van der Waals surface area contributed by atoms with E-state index in [2.05, 4.69) is 4.72 Å². The Kier molecular flexibility index (Phi) is 4.91. The van der Waals surface area contributed by atoms with Crippen molar-refractivity contribution in [1.82, 2.24) is 4.72 Å². The Morgan fingerprint density at radius 1 is 1.47 bits per heavy atom.